The number of rotatable bonds is 6. The van der Waals surface area contributed by atoms with Crippen molar-refractivity contribution in [1.82, 2.24) is 19.6 Å². The molecule has 0 aliphatic heterocycles. The number of hydrogen-bond acceptors (Lipinski definition) is 3. The minimum Gasteiger partial charge on any atom is -0.304 e. The first-order valence-electron chi connectivity index (χ1n) is 9.88. The summed E-state index contributed by atoms with van der Waals surface area (Å²) < 4.78 is 5.35. The molecule has 0 radical (unpaired) electrons. The number of hydrogen-bond donors (Lipinski definition) is 1. The van der Waals surface area contributed by atoms with E-state index >= 15 is 0 Å². The Kier molecular flexibility index (Phi) is 6.83. The van der Waals surface area contributed by atoms with E-state index in [-0.39, 0.29) is 5.91 Å². The molecule has 0 spiro atoms. The van der Waals surface area contributed by atoms with E-state index in [1.807, 2.05) is 67.2 Å². The summed E-state index contributed by atoms with van der Waals surface area (Å²) in [6.07, 6.45) is 1.82. The van der Waals surface area contributed by atoms with Crippen LogP contribution < -0.4 is 5.32 Å². The number of nitrogens with one attached hydrogen (secondary N) is 1. The highest BCUT2D eigenvalue weighted by molar-refractivity contribution is 9.11. The number of benzene rings is 2. The Morgan fingerprint density at radius 2 is 1.84 bits per heavy atom. The van der Waals surface area contributed by atoms with Crippen molar-refractivity contribution in [2.45, 2.75) is 26.9 Å². The molecule has 0 aliphatic carbocycles. The van der Waals surface area contributed by atoms with Gasteiger partial charge in [0, 0.05) is 16.8 Å². The lowest BCUT2D eigenvalue weighted by Crippen LogP contribution is -2.14. The summed E-state index contributed by atoms with van der Waals surface area (Å²) in [6, 6.07) is 15.1. The number of carbonyl (C=O) groups excluding carboxylic acids is 1. The summed E-state index contributed by atoms with van der Waals surface area (Å²) in [7, 11) is 0. The minimum atomic E-state index is -0.231. The Balaban J connectivity index is 1.48. The number of anilines is 1. The number of amides is 1. The first kappa shape index (κ1) is 22.8. The van der Waals surface area contributed by atoms with Crippen LogP contribution in [0, 0.1) is 13.8 Å². The van der Waals surface area contributed by atoms with Gasteiger partial charge in [-0.05, 0) is 75.0 Å². The second-order valence-corrected chi connectivity index (χ2v) is 9.47. The number of nitrogens with zero attached hydrogens (tertiary/aromatic N) is 4. The van der Waals surface area contributed by atoms with Crippen LogP contribution in [0.4, 0.5) is 5.82 Å². The van der Waals surface area contributed by atoms with Crippen LogP contribution in [0.15, 0.2) is 63.7 Å². The van der Waals surface area contributed by atoms with E-state index in [4.69, 9.17) is 11.6 Å². The molecule has 0 saturated heterocycles. The van der Waals surface area contributed by atoms with E-state index in [0.717, 1.165) is 27.0 Å². The van der Waals surface area contributed by atoms with Crippen molar-refractivity contribution in [2.24, 2.45) is 0 Å². The van der Waals surface area contributed by atoms with Crippen molar-refractivity contribution in [1.29, 1.82) is 0 Å². The van der Waals surface area contributed by atoms with Gasteiger partial charge in [-0.25, -0.2) is 0 Å². The summed E-state index contributed by atoms with van der Waals surface area (Å²) in [4.78, 5) is 12.9. The molecule has 1 N–H and O–H groups in total. The topological polar surface area (TPSA) is 64.7 Å². The van der Waals surface area contributed by atoms with Crippen LogP contribution in [0.2, 0.25) is 5.02 Å². The van der Waals surface area contributed by atoms with E-state index in [9.17, 15) is 4.79 Å². The van der Waals surface area contributed by atoms with E-state index in [0.29, 0.717) is 34.0 Å². The molecule has 4 rings (SSSR count). The van der Waals surface area contributed by atoms with Gasteiger partial charge >= 0.3 is 0 Å². The second kappa shape index (κ2) is 9.60. The Labute approximate surface area is 207 Å². The maximum Gasteiger partial charge on any atom is 0.256 e. The van der Waals surface area contributed by atoms with Crippen LogP contribution in [0.25, 0.3) is 0 Å². The molecule has 1 amide bonds. The number of aryl methyl sites for hydroxylation is 1. The molecule has 0 bridgehead atoms. The van der Waals surface area contributed by atoms with Gasteiger partial charge in [-0.2, -0.15) is 10.2 Å². The fourth-order valence-electron chi connectivity index (χ4n) is 3.36. The SMILES string of the molecule is Cc1nn(Cc2cccc(C(=O)Nc3nn(Cc4ccccc4Cl)cc3Br)c2)c(C)c1Br. The molecule has 4 aromatic rings. The lowest BCUT2D eigenvalue weighted by atomic mass is 10.1. The van der Waals surface area contributed by atoms with Gasteiger partial charge in [-0.3, -0.25) is 14.2 Å². The van der Waals surface area contributed by atoms with Gasteiger partial charge in [0.15, 0.2) is 5.82 Å². The summed E-state index contributed by atoms with van der Waals surface area (Å²) in [5.41, 5.74) is 4.47. The molecular formula is C23H20Br2ClN5O. The highest BCUT2D eigenvalue weighted by Gasteiger charge is 2.14. The van der Waals surface area contributed by atoms with Gasteiger partial charge < -0.3 is 5.32 Å². The maximum absolute atomic E-state index is 12.9. The molecule has 0 atom stereocenters. The van der Waals surface area contributed by atoms with Gasteiger partial charge in [-0.15, -0.1) is 0 Å². The molecule has 2 heterocycles. The predicted octanol–water partition coefficient (Wildman–Crippen LogP) is 6.22. The molecular weight excluding hydrogens is 558 g/mol. The van der Waals surface area contributed by atoms with Crippen LogP contribution in [0.3, 0.4) is 0 Å². The predicted molar refractivity (Wildman–Crippen MR) is 133 cm³/mol. The average Bonchev–Trinajstić information content (AvgIpc) is 3.23. The van der Waals surface area contributed by atoms with E-state index < -0.39 is 0 Å². The van der Waals surface area contributed by atoms with E-state index in [2.05, 4.69) is 47.4 Å². The van der Waals surface area contributed by atoms with Crippen molar-refractivity contribution in [3.8, 4) is 0 Å². The Morgan fingerprint density at radius 3 is 2.56 bits per heavy atom. The van der Waals surface area contributed by atoms with Crippen LogP contribution >= 0.6 is 43.5 Å². The molecule has 0 unspecified atom stereocenters. The van der Waals surface area contributed by atoms with Crippen LogP contribution in [-0.2, 0) is 13.1 Å². The number of halogens is 3. The molecule has 2 aromatic carbocycles. The normalized spacial score (nSPS) is 11.0. The Hall–Kier alpha value is -2.42. The zero-order chi connectivity index (χ0) is 22.8. The first-order chi connectivity index (χ1) is 15.3. The lowest BCUT2D eigenvalue weighted by Gasteiger charge is -2.08. The van der Waals surface area contributed by atoms with E-state index in [1.54, 1.807) is 10.7 Å². The van der Waals surface area contributed by atoms with E-state index in [1.165, 1.54) is 0 Å². The quantitative estimate of drug-likeness (QED) is 0.296. The summed E-state index contributed by atoms with van der Waals surface area (Å²) in [5, 5.41) is 12.6. The van der Waals surface area contributed by atoms with Gasteiger partial charge in [-0.1, -0.05) is 41.9 Å². The van der Waals surface area contributed by atoms with Gasteiger partial charge in [0.1, 0.15) is 0 Å². The number of carbonyl (C=O) groups is 1. The molecule has 2 aromatic heterocycles. The zero-order valence-corrected chi connectivity index (χ0v) is 21.4. The monoisotopic (exact) mass is 575 g/mol. The molecule has 0 aliphatic rings. The second-order valence-electron chi connectivity index (χ2n) is 7.41. The largest absolute Gasteiger partial charge is 0.304 e. The minimum absolute atomic E-state index is 0.231. The highest BCUT2D eigenvalue weighted by atomic mass is 79.9. The van der Waals surface area contributed by atoms with Crippen molar-refractivity contribution in [3.05, 3.63) is 96.8 Å². The maximum atomic E-state index is 12.9. The molecule has 164 valence electrons. The fraction of sp³-hybridized carbons (Fsp3) is 0.174. The van der Waals surface area contributed by atoms with Gasteiger partial charge in [0.25, 0.3) is 5.91 Å². The van der Waals surface area contributed by atoms with Gasteiger partial charge in [0.05, 0.1) is 33.4 Å². The standard InChI is InChI=1S/C23H20Br2ClN5O/c1-14-21(25)15(2)31(28-14)11-16-6-5-8-17(10-16)23(32)27-22-19(24)13-30(29-22)12-18-7-3-4-9-20(18)26/h3-10,13H,11-12H2,1-2H3,(H,27,29,32). The van der Waals surface area contributed by atoms with Gasteiger partial charge in [0.2, 0.25) is 0 Å². The smallest absolute Gasteiger partial charge is 0.256 e. The van der Waals surface area contributed by atoms with Crippen LogP contribution in [0.5, 0.6) is 0 Å². The molecule has 0 saturated carbocycles. The number of aromatic nitrogens is 4. The highest BCUT2D eigenvalue weighted by Crippen LogP contribution is 2.24. The molecule has 9 heteroatoms. The summed E-state index contributed by atoms with van der Waals surface area (Å²) in [5.74, 6) is 0.222. The van der Waals surface area contributed by atoms with Crippen LogP contribution in [0.1, 0.15) is 32.9 Å². The average molecular weight is 578 g/mol. The Morgan fingerprint density at radius 1 is 1.06 bits per heavy atom. The van der Waals surface area contributed by atoms with Crippen molar-refractivity contribution < 1.29 is 4.79 Å². The summed E-state index contributed by atoms with van der Waals surface area (Å²) >= 11 is 13.3. The zero-order valence-electron chi connectivity index (χ0n) is 17.4. The van der Waals surface area contributed by atoms with Crippen LogP contribution in [-0.4, -0.2) is 25.5 Å². The molecule has 0 fully saturated rings. The van der Waals surface area contributed by atoms with Crippen molar-refractivity contribution in [2.75, 3.05) is 5.32 Å². The third kappa shape index (κ3) is 4.98. The van der Waals surface area contributed by atoms with Crippen molar-refractivity contribution in [3.63, 3.8) is 0 Å². The molecule has 32 heavy (non-hydrogen) atoms. The van der Waals surface area contributed by atoms with Crippen molar-refractivity contribution >= 4 is 55.2 Å². The Bertz CT molecular complexity index is 1300. The lowest BCUT2D eigenvalue weighted by molar-refractivity contribution is 0.102. The molecule has 6 nitrogen and oxygen atoms in total. The first-order valence-corrected chi connectivity index (χ1v) is 11.8. The fourth-order valence-corrected chi connectivity index (χ4v) is 4.25. The summed E-state index contributed by atoms with van der Waals surface area (Å²) in [6.45, 7) is 5.05. The third-order valence-corrected chi connectivity index (χ3v) is 7.15. The third-order valence-electron chi connectivity index (χ3n) is 5.05.